The molecule has 0 aliphatic rings. The van der Waals surface area contributed by atoms with Crippen LogP contribution in [-0.4, -0.2) is 24.4 Å². The monoisotopic (exact) mass is 322 g/mol. The molecule has 0 spiro atoms. The zero-order valence-electron chi connectivity index (χ0n) is 12.2. The van der Waals surface area contributed by atoms with Gasteiger partial charge in [0.05, 0.1) is 12.6 Å². The first-order chi connectivity index (χ1) is 10.1. The Labute approximate surface area is 134 Å². The van der Waals surface area contributed by atoms with Gasteiger partial charge in [0.2, 0.25) is 5.91 Å². The number of halogens is 1. The van der Waals surface area contributed by atoms with Crippen molar-refractivity contribution in [1.29, 1.82) is 0 Å². The van der Waals surface area contributed by atoms with Crippen molar-refractivity contribution < 1.29 is 4.79 Å². The van der Waals surface area contributed by atoms with E-state index in [4.69, 9.17) is 11.6 Å². The lowest BCUT2D eigenvalue weighted by atomic mass is 10.2. The van der Waals surface area contributed by atoms with E-state index in [0.717, 1.165) is 15.5 Å². The third-order valence-corrected chi connectivity index (χ3v) is 4.58. The van der Waals surface area contributed by atoms with Gasteiger partial charge in [-0.25, -0.2) is 0 Å². The molecular formula is C16H19ClN2OS. The minimum Gasteiger partial charge on any atom is -0.348 e. The summed E-state index contributed by atoms with van der Waals surface area (Å²) < 4.78 is 0. The molecule has 1 atom stereocenters. The largest absolute Gasteiger partial charge is 0.348 e. The van der Waals surface area contributed by atoms with Crippen LogP contribution in [-0.2, 0) is 11.3 Å². The normalized spacial score (nSPS) is 12.4. The van der Waals surface area contributed by atoms with Crippen molar-refractivity contribution in [2.45, 2.75) is 19.5 Å². The van der Waals surface area contributed by atoms with Crippen LogP contribution in [0.3, 0.4) is 0 Å². The number of amides is 1. The van der Waals surface area contributed by atoms with Gasteiger partial charge in [0.1, 0.15) is 0 Å². The van der Waals surface area contributed by atoms with Gasteiger partial charge in [-0.15, -0.1) is 11.3 Å². The minimum absolute atomic E-state index is 0.0189. The Morgan fingerprint density at radius 1 is 1.33 bits per heavy atom. The molecule has 1 N–H and O–H groups in total. The maximum absolute atomic E-state index is 12.1. The van der Waals surface area contributed by atoms with Crippen LogP contribution in [0.2, 0.25) is 5.02 Å². The van der Waals surface area contributed by atoms with Gasteiger partial charge in [-0.05, 0) is 37.0 Å². The van der Waals surface area contributed by atoms with E-state index in [2.05, 4.69) is 5.32 Å². The van der Waals surface area contributed by atoms with Crippen molar-refractivity contribution >= 4 is 28.8 Å². The molecule has 0 radical (unpaired) electrons. The molecule has 0 saturated carbocycles. The zero-order chi connectivity index (χ0) is 15.2. The molecule has 1 aromatic heterocycles. The first kappa shape index (κ1) is 16.0. The molecule has 0 bridgehead atoms. The molecule has 5 heteroatoms. The summed E-state index contributed by atoms with van der Waals surface area (Å²) in [6.07, 6.45) is 0. The van der Waals surface area contributed by atoms with E-state index >= 15 is 0 Å². The van der Waals surface area contributed by atoms with E-state index in [9.17, 15) is 4.79 Å². The molecule has 0 aliphatic carbocycles. The second-order valence-corrected chi connectivity index (χ2v) is 6.45. The van der Waals surface area contributed by atoms with Crippen molar-refractivity contribution in [1.82, 2.24) is 10.2 Å². The number of rotatable bonds is 6. The van der Waals surface area contributed by atoms with Crippen molar-refractivity contribution in [3.8, 4) is 0 Å². The van der Waals surface area contributed by atoms with E-state index in [1.165, 1.54) is 0 Å². The lowest BCUT2D eigenvalue weighted by molar-refractivity contribution is -0.122. The number of nitrogens with zero attached hydrogens (tertiary/aromatic N) is 1. The molecule has 0 fully saturated rings. The highest BCUT2D eigenvalue weighted by molar-refractivity contribution is 7.10. The van der Waals surface area contributed by atoms with E-state index in [1.807, 2.05) is 60.6 Å². The van der Waals surface area contributed by atoms with Crippen LogP contribution in [0.1, 0.15) is 23.4 Å². The molecule has 1 amide bonds. The summed E-state index contributed by atoms with van der Waals surface area (Å²) in [4.78, 5) is 15.2. The lowest BCUT2D eigenvalue weighted by Crippen LogP contribution is -2.36. The fourth-order valence-corrected chi connectivity index (χ4v) is 3.04. The minimum atomic E-state index is 0.0189. The summed E-state index contributed by atoms with van der Waals surface area (Å²) in [6.45, 7) is 3.00. The molecular weight excluding hydrogens is 304 g/mol. The molecule has 0 aliphatic heterocycles. The highest BCUT2D eigenvalue weighted by Gasteiger charge is 2.13. The Balaban J connectivity index is 1.83. The highest BCUT2D eigenvalue weighted by Crippen LogP contribution is 2.18. The first-order valence-corrected chi connectivity index (χ1v) is 8.06. The van der Waals surface area contributed by atoms with Crippen LogP contribution >= 0.6 is 22.9 Å². The van der Waals surface area contributed by atoms with Crippen molar-refractivity contribution in [3.63, 3.8) is 0 Å². The molecule has 2 aromatic rings. The number of nitrogens with one attached hydrogen (secondary N) is 1. The summed E-state index contributed by atoms with van der Waals surface area (Å²) in [7, 11) is 1.92. The number of hydrogen-bond acceptors (Lipinski definition) is 3. The van der Waals surface area contributed by atoms with E-state index in [0.29, 0.717) is 13.1 Å². The number of thiophene rings is 1. The molecule has 112 valence electrons. The van der Waals surface area contributed by atoms with Crippen LogP contribution < -0.4 is 5.32 Å². The average molecular weight is 323 g/mol. The summed E-state index contributed by atoms with van der Waals surface area (Å²) in [5.74, 6) is 0.0189. The van der Waals surface area contributed by atoms with Crippen LogP contribution in [0.4, 0.5) is 0 Å². The van der Waals surface area contributed by atoms with Gasteiger partial charge in [-0.3, -0.25) is 9.69 Å². The van der Waals surface area contributed by atoms with Crippen LogP contribution in [0, 0.1) is 0 Å². The number of benzene rings is 1. The van der Waals surface area contributed by atoms with E-state index in [1.54, 1.807) is 11.3 Å². The fraction of sp³-hybridized carbons (Fsp3) is 0.312. The summed E-state index contributed by atoms with van der Waals surface area (Å²) in [6, 6.07) is 11.8. The third-order valence-electron chi connectivity index (χ3n) is 3.16. The highest BCUT2D eigenvalue weighted by atomic mass is 35.5. The number of likely N-dealkylation sites (N-methyl/N-ethyl adjacent to an activating group) is 1. The topological polar surface area (TPSA) is 32.3 Å². The lowest BCUT2D eigenvalue weighted by Gasteiger charge is -2.19. The smallest absolute Gasteiger partial charge is 0.234 e. The molecule has 1 unspecified atom stereocenters. The van der Waals surface area contributed by atoms with Gasteiger partial charge >= 0.3 is 0 Å². The van der Waals surface area contributed by atoms with Gasteiger partial charge in [0.25, 0.3) is 0 Å². The van der Waals surface area contributed by atoms with Crippen LogP contribution in [0.15, 0.2) is 41.8 Å². The number of carbonyl (C=O) groups excluding carboxylic acids is 1. The van der Waals surface area contributed by atoms with Crippen molar-refractivity contribution in [2.24, 2.45) is 0 Å². The van der Waals surface area contributed by atoms with Gasteiger partial charge in [-0.2, -0.15) is 0 Å². The number of carbonyl (C=O) groups is 1. The molecule has 1 aromatic carbocycles. The molecule has 2 rings (SSSR count). The molecule has 21 heavy (non-hydrogen) atoms. The maximum Gasteiger partial charge on any atom is 0.234 e. The molecule has 3 nitrogen and oxygen atoms in total. The summed E-state index contributed by atoms with van der Waals surface area (Å²) in [5, 5.41) is 5.76. The van der Waals surface area contributed by atoms with Gasteiger partial charge in [0.15, 0.2) is 0 Å². The average Bonchev–Trinajstić information content (AvgIpc) is 2.95. The Bertz CT molecular complexity index is 586. The first-order valence-electron chi connectivity index (χ1n) is 6.81. The maximum atomic E-state index is 12.1. The quantitative estimate of drug-likeness (QED) is 0.879. The SMILES string of the molecule is CC(NC(=O)CN(C)Cc1ccccc1Cl)c1cccs1. The summed E-state index contributed by atoms with van der Waals surface area (Å²) >= 11 is 7.78. The second-order valence-electron chi connectivity index (χ2n) is 5.07. The Morgan fingerprint density at radius 3 is 2.76 bits per heavy atom. The molecule has 1 heterocycles. The Morgan fingerprint density at radius 2 is 2.10 bits per heavy atom. The fourth-order valence-electron chi connectivity index (χ4n) is 2.11. The van der Waals surface area contributed by atoms with Gasteiger partial charge in [0, 0.05) is 16.4 Å². The van der Waals surface area contributed by atoms with Crippen molar-refractivity contribution in [2.75, 3.05) is 13.6 Å². The standard InChI is InChI=1S/C16H19ClN2OS/c1-12(15-8-5-9-21-15)18-16(20)11-19(2)10-13-6-3-4-7-14(13)17/h3-9,12H,10-11H2,1-2H3,(H,18,20). The second kappa shape index (κ2) is 7.59. The van der Waals surface area contributed by atoms with Crippen molar-refractivity contribution in [3.05, 3.63) is 57.2 Å². The predicted molar refractivity (Wildman–Crippen MR) is 88.7 cm³/mol. The van der Waals surface area contributed by atoms with Gasteiger partial charge < -0.3 is 5.32 Å². The van der Waals surface area contributed by atoms with Crippen LogP contribution in [0.25, 0.3) is 0 Å². The number of hydrogen-bond donors (Lipinski definition) is 1. The van der Waals surface area contributed by atoms with Crippen LogP contribution in [0.5, 0.6) is 0 Å². The third kappa shape index (κ3) is 4.84. The van der Waals surface area contributed by atoms with E-state index < -0.39 is 0 Å². The Kier molecular flexibility index (Phi) is 5.79. The predicted octanol–water partition coefficient (Wildman–Crippen LogP) is 3.71. The summed E-state index contributed by atoms with van der Waals surface area (Å²) in [5.41, 5.74) is 1.03. The molecule has 0 saturated heterocycles. The zero-order valence-corrected chi connectivity index (χ0v) is 13.7. The Hall–Kier alpha value is -1.36. The van der Waals surface area contributed by atoms with E-state index in [-0.39, 0.29) is 11.9 Å². The van der Waals surface area contributed by atoms with Gasteiger partial charge in [-0.1, -0.05) is 35.9 Å².